The smallest absolute Gasteiger partial charge is 0.258 e. The molecule has 0 bridgehead atoms. The minimum Gasteiger partial charge on any atom is -0.269 e. The average molecular weight is 323 g/mol. The first kappa shape index (κ1) is 13.7. The molecule has 0 spiro atoms. The summed E-state index contributed by atoms with van der Waals surface area (Å²) >= 11 is 9.15. The van der Waals surface area contributed by atoms with Crippen molar-refractivity contribution in [1.29, 1.82) is 0 Å². The summed E-state index contributed by atoms with van der Waals surface area (Å²) < 4.78 is 1.57. The Bertz CT molecular complexity index is 797. The largest absolute Gasteiger partial charge is 0.269 e. The molecular weight excluding hydrogens is 312 g/mol. The van der Waals surface area contributed by atoms with Gasteiger partial charge in [0.2, 0.25) is 0 Å². The van der Waals surface area contributed by atoms with E-state index in [0.29, 0.717) is 0 Å². The van der Waals surface area contributed by atoms with E-state index in [1.165, 1.54) is 16.9 Å². The Morgan fingerprint density at radius 1 is 1.30 bits per heavy atom. The minimum atomic E-state index is -0.0189. The summed E-state index contributed by atoms with van der Waals surface area (Å²) in [6.07, 6.45) is 1.75. The van der Waals surface area contributed by atoms with Gasteiger partial charge in [0.05, 0.1) is 5.69 Å². The fraction of sp³-hybridized carbons (Fsp3) is 0.143. The number of benzene rings is 1. The highest BCUT2D eigenvalue weighted by atomic mass is 35.5. The topological polar surface area (TPSA) is 34.4 Å². The van der Waals surface area contributed by atoms with Gasteiger partial charge in [0, 0.05) is 34.2 Å². The van der Waals surface area contributed by atoms with Crippen molar-refractivity contribution in [3.63, 3.8) is 0 Å². The number of fused-ring (bicyclic) bond motifs is 1. The quantitative estimate of drug-likeness (QED) is 0.732. The second-order valence-corrected chi connectivity index (χ2v) is 6.56. The molecule has 0 N–H and O–H groups in total. The number of hydrogen-bond donors (Lipinski definition) is 0. The van der Waals surface area contributed by atoms with Crippen molar-refractivity contribution >= 4 is 39.7 Å². The first-order chi connectivity index (χ1) is 9.72. The third-order valence-corrected chi connectivity index (χ3v) is 4.79. The molecule has 0 amide bonds. The van der Waals surface area contributed by atoms with Crippen LogP contribution in [0.4, 0.5) is 0 Å². The molecule has 0 fully saturated rings. The second kappa shape index (κ2) is 5.99. The molecule has 0 saturated heterocycles. The van der Waals surface area contributed by atoms with Crippen LogP contribution < -0.4 is 5.56 Å². The molecule has 0 radical (unpaired) electrons. The zero-order valence-electron chi connectivity index (χ0n) is 10.5. The zero-order chi connectivity index (χ0) is 13.9. The SMILES string of the molecule is O=c1cc(CSCc2cccc(Cl)c2)nc2sccn12. The molecule has 0 aliphatic carbocycles. The Hall–Kier alpha value is -1.30. The lowest BCUT2D eigenvalue weighted by Crippen LogP contribution is -2.12. The third-order valence-electron chi connectivity index (χ3n) is 2.76. The molecular formula is C14H11ClN2OS2. The van der Waals surface area contributed by atoms with Gasteiger partial charge >= 0.3 is 0 Å². The summed E-state index contributed by atoms with van der Waals surface area (Å²) in [5.74, 6) is 1.57. The highest BCUT2D eigenvalue weighted by Gasteiger charge is 2.04. The van der Waals surface area contributed by atoms with E-state index in [2.05, 4.69) is 4.98 Å². The lowest BCUT2D eigenvalue weighted by Gasteiger charge is -2.03. The summed E-state index contributed by atoms with van der Waals surface area (Å²) in [4.78, 5) is 17.1. The molecule has 0 atom stereocenters. The minimum absolute atomic E-state index is 0.0189. The Morgan fingerprint density at radius 3 is 3.05 bits per heavy atom. The molecule has 102 valence electrons. The molecule has 6 heteroatoms. The van der Waals surface area contributed by atoms with Crippen LogP contribution in [0.25, 0.3) is 4.96 Å². The van der Waals surface area contributed by atoms with Crippen LogP contribution in [0.1, 0.15) is 11.3 Å². The second-order valence-electron chi connectivity index (χ2n) is 4.26. The van der Waals surface area contributed by atoms with Crippen LogP contribution in [-0.4, -0.2) is 9.38 Å². The predicted octanol–water partition coefficient (Wildman–Crippen LogP) is 3.84. The Kier molecular flexibility index (Phi) is 4.10. The zero-order valence-corrected chi connectivity index (χ0v) is 12.8. The fourth-order valence-electron chi connectivity index (χ4n) is 1.86. The molecule has 0 aliphatic heterocycles. The number of aromatic nitrogens is 2. The third kappa shape index (κ3) is 3.06. The van der Waals surface area contributed by atoms with Gasteiger partial charge in [-0.15, -0.1) is 11.3 Å². The van der Waals surface area contributed by atoms with E-state index in [0.717, 1.165) is 27.2 Å². The number of nitrogens with zero attached hydrogens (tertiary/aromatic N) is 2. The van der Waals surface area contributed by atoms with Crippen molar-refractivity contribution in [2.24, 2.45) is 0 Å². The van der Waals surface area contributed by atoms with Crippen LogP contribution in [0.5, 0.6) is 0 Å². The first-order valence-electron chi connectivity index (χ1n) is 6.00. The molecule has 2 aromatic heterocycles. The van der Waals surface area contributed by atoms with Crippen molar-refractivity contribution in [2.75, 3.05) is 0 Å². The fourth-order valence-corrected chi connectivity index (χ4v) is 3.69. The van der Waals surface area contributed by atoms with Gasteiger partial charge in [-0.2, -0.15) is 11.8 Å². The highest BCUT2D eigenvalue weighted by molar-refractivity contribution is 7.97. The number of rotatable bonds is 4. The molecule has 0 saturated carbocycles. The van der Waals surface area contributed by atoms with Crippen LogP contribution in [0.15, 0.2) is 46.7 Å². The Morgan fingerprint density at radius 2 is 2.20 bits per heavy atom. The van der Waals surface area contributed by atoms with Gasteiger partial charge in [0.15, 0.2) is 4.96 Å². The van der Waals surface area contributed by atoms with E-state index in [-0.39, 0.29) is 5.56 Å². The number of halogens is 1. The van der Waals surface area contributed by atoms with Crippen molar-refractivity contribution < 1.29 is 0 Å². The van der Waals surface area contributed by atoms with Crippen molar-refractivity contribution in [1.82, 2.24) is 9.38 Å². The van der Waals surface area contributed by atoms with Crippen molar-refractivity contribution in [2.45, 2.75) is 11.5 Å². The normalized spacial score (nSPS) is 11.1. The van der Waals surface area contributed by atoms with Gasteiger partial charge in [-0.1, -0.05) is 23.7 Å². The maximum atomic E-state index is 11.8. The molecule has 3 aromatic rings. The number of thiazole rings is 1. The predicted molar refractivity (Wildman–Crippen MR) is 85.8 cm³/mol. The van der Waals surface area contributed by atoms with Crippen molar-refractivity contribution in [3.8, 4) is 0 Å². The molecule has 2 heterocycles. The van der Waals surface area contributed by atoms with Crippen LogP contribution in [0, 0.1) is 0 Å². The van der Waals surface area contributed by atoms with Gasteiger partial charge in [-0.25, -0.2) is 4.98 Å². The molecule has 0 aliphatic rings. The lowest BCUT2D eigenvalue weighted by molar-refractivity contribution is 1.04. The lowest BCUT2D eigenvalue weighted by atomic mass is 10.2. The van der Waals surface area contributed by atoms with E-state index in [1.54, 1.807) is 28.4 Å². The highest BCUT2D eigenvalue weighted by Crippen LogP contribution is 2.19. The number of hydrogen-bond acceptors (Lipinski definition) is 4. The monoisotopic (exact) mass is 322 g/mol. The Labute approximate surface area is 129 Å². The van der Waals surface area contributed by atoms with Gasteiger partial charge in [-0.3, -0.25) is 9.20 Å². The number of thioether (sulfide) groups is 1. The standard InChI is InChI=1S/C14H11ClN2OS2/c15-11-3-1-2-10(6-11)8-19-9-12-7-13(18)17-4-5-20-14(17)16-12/h1-7H,8-9H2. The Balaban J connectivity index is 1.69. The molecule has 1 aromatic carbocycles. The van der Waals surface area contributed by atoms with Gasteiger partial charge < -0.3 is 0 Å². The summed E-state index contributed by atoms with van der Waals surface area (Å²) in [5, 5.41) is 2.62. The summed E-state index contributed by atoms with van der Waals surface area (Å²) in [6, 6.07) is 9.41. The van der Waals surface area contributed by atoms with Crippen LogP contribution in [0.2, 0.25) is 5.02 Å². The van der Waals surface area contributed by atoms with Gasteiger partial charge in [0.1, 0.15) is 0 Å². The maximum absolute atomic E-state index is 11.8. The van der Waals surface area contributed by atoms with Gasteiger partial charge in [0.25, 0.3) is 5.56 Å². The van der Waals surface area contributed by atoms with E-state index in [9.17, 15) is 4.79 Å². The van der Waals surface area contributed by atoms with Crippen molar-refractivity contribution in [3.05, 3.63) is 68.5 Å². The summed E-state index contributed by atoms with van der Waals surface area (Å²) in [5.41, 5.74) is 1.98. The van der Waals surface area contributed by atoms with E-state index >= 15 is 0 Å². The average Bonchev–Trinajstić information content (AvgIpc) is 2.88. The summed E-state index contributed by atoms with van der Waals surface area (Å²) in [6.45, 7) is 0. The van der Waals surface area contributed by atoms with E-state index < -0.39 is 0 Å². The molecule has 3 nitrogen and oxygen atoms in total. The van der Waals surface area contributed by atoms with Crippen LogP contribution in [-0.2, 0) is 11.5 Å². The maximum Gasteiger partial charge on any atom is 0.258 e. The first-order valence-corrected chi connectivity index (χ1v) is 8.41. The van der Waals surface area contributed by atoms with Crippen LogP contribution in [0.3, 0.4) is 0 Å². The van der Waals surface area contributed by atoms with Gasteiger partial charge in [-0.05, 0) is 17.7 Å². The molecule has 3 rings (SSSR count). The van der Waals surface area contributed by atoms with Crippen LogP contribution >= 0.6 is 34.7 Å². The van der Waals surface area contributed by atoms with E-state index in [4.69, 9.17) is 11.6 Å². The van der Waals surface area contributed by atoms with E-state index in [1.807, 2.05) is 29.6 Å². The summed E-state index contributed by atoms with van der Waals surface area (Å²) in [7, 11) is 0. The molecule has 20 heavy (non-hydrogen) atoms. The molecule has 0 unspecified atom stereocenters.